The molecular formula is C27H33N5O5S. The van der Waals surface area contributed by atoms with Gasteiger partial charge in [-0.2, -0.15) is 0 Å². The summed E-state index contributed by atoms with van der Waals surface area (Å²) in [6.07, 6.45) is -0.0278. The summed E-state index contributed by atoms with van der Waals surface area (Å²) in [5.74, 6) is -1.23. The lowest BCUT2D eigenvalue weighted by Crippen LogP contribution is -2.48. The second-order valence-corrected chi connectivity index (χ2v) is 10.6. The molecule has 3 heterocycles. The molecule has 38 heavy (non-hydrogen) atoms. The minimum absolute atomic E-state index is 0.0278. The fourth-order valence-electron chi connectivity index (χ4n) is 4.62. The van der Waals surface area contributed by atoms with Crippen LogP contribution in [0.15, 0.2) is 40.4 Å². The monoisotopic (exact) mass is 539 g/mol. The van der Waals surface area contributed by atoms with E-state index in [0.29, 0.717) is 12.3 Å². The zero-order chi connectivity index (χ0) is 27.4. The number of likely N-dealkylation sites (tertiary alicyclic amines) is 1. The zero-order valence-corrected chi connectivity index (χ0v) is 22.8. The number of nitrogens with one attached hydrogen (secondary N) is 1. The SMILES string of the molecule is Cc1ncsc1-c1ccc([C@H](C)NC(=O)[C@@H]2CC(=O)CN2C(=O)[C@@H](c2cc(OCCN)no2)C(C)C)cc1. The van der Waals surface area contributed by atoms with Crippen LogP contribution in [0.2, 0.25) is 0 Å². The van der Waals surface area contributed by atoms with E-state index in [4.69, 9.17) is 15.0 Å². The van der Waals surface area contributed by atoms with Gasteiger partial charge in [0.1, 0.15) is 18.6 Å². The molecule has 10 nitrogen and oxygen atoms in total. The maximum Gasteiger partial charge on any atom is 0.254 e. The van der Waals surface area contributed by atoms with E-state index < -0.39 is 12.0 Å². The van der Waals surface area contributed by atoms with Crippen molar-refractivity contribution in [3.05, 3.63) is 52.9 Å². The van der Waals surface area contributed by atoms with E-state index in [1.165, 1.54) is 4.90 Å². The molecule has 1 fully saturated rings. The maximum absolute atomic E-state index is 13.6. The van der Waals surface area contributed by atoms with Crippen molar-refractivity contribution < 1.29 is 23.6 Å². The van der Waals surface area contributed by atoms with Crippen LogP contribution in [0, 0.1) is 12.8 Å². The van der Waals surface area contributed by atoms with Crippen molar-refractivity contribution in [1.82, 2.24) is 20.4 Å². The van der Waals surface area contributed by atoms with Crippen LogP contribution in [0.4, 0.5) is 0 Å². The summed E-state index contributed by atoms with van der Waals surface area (Å²) in [6, 6.07) is 8.28. The molecule has 1 aliphatic rings. The number of carbonyl (C=O) groups is 3. The van der Waals surface area contributed by atoms with Crippen molar-refractivity contribution in [3.63, 3.8) is 0 Å². The molecule has 3 aromatic rings. The van der Waals surface area contributed by atoms with Crippen molar-refractivity contribution >= 4 is 28.9 Å². The number of ketones is 1. The molecule has 3 atom stereocenters. The fourth-order valence-corrected chi connectivity index (χ4v) is 5.43. The van der Waals surface area contributed by atoms with E-state index in [1.807, 2.05) is 57.5 Å². The first-order valence-corrected chi connectivity index (χ1v) is 13.5. The van der Waals surface area contributed by atoms with Crippen LogP contribution in [0.5, 0.6) is 5.88 Å². The first-order chi connectivity index (χ1) is 18.2. The van der Waals surface area contributed by atoms with Gasteiger partial charge in [-0.15, -0.1) is 11.3 Å². The van der Waals surface area contributed by atoms with Crippen molar-refractivity contribution in [3.8, 4) is 16.3 Å². The molecule has 2 aromatic heterocycles. The molecule has 1 aromatic carbocycles. The molecule has 1 aliphatic heterocycles. The quantitative estimate of drug-likeness (QED) is 0.400. The second kappa shape index (κ2) is 11.9. The number of nitrogens with zero attached hydrogens (tertiary/aromatic N) is 3. The Kier molecular flexibility index (Phi) is 8.58. The molecule has 0 aliphatic carbocycles. The van der Waals surface area contributed by atoms with E-state index in [9.17, 15) is 14.4 Å². The highest BCUT2D eigenvalue weighted by Gasteiger charge is 2.43. The van der Waals surface area contributed by atoms with Gasteiger partial charge < -0.3 is 25.2 Å². The van der Waals surface area contributed by atoms with Crippen LogP contribution in [0.1, 0.15) is 56.2 Å². The summed E-state index contributed by atoms with van der Waals surface area (Å²) in [7, 11) is 0. The molecular weight excluding hydrogens is 506 g/mol. The Morgan fingerprint density at radius 3 is 2.63 bits per heavy atom. The average Bonchev–Trinajstić information content (AvgIpc) is 3.62. The molecule has 1 saturated heterocycles. The van der Waals surface area contributed by atoms with Crippen molar-refractivity contribution in [2.45, 2.75) is 52.1 Å². The number of carbonyl (C=O) groups excluding carboxylic acids is 3. The molecule has 3 N–H and O–H groups in total. The maximum atomic E-state index is 13.6. The van der Waals surface area contributed by atoms with Crippen LogP contribution >= 0.6 is 11.3 Å². The Hall–Kier alpha value is -3.57. The first-order valence-electron chi connectivity index (χ1n) is 12.6. The lowest BCUT2D eigenvalue weighted by atomic mass is 9.91. The molecule has 2 amide bonds. The second-order valence-electron chi connectivity index (χ2n) is 9.77. The largest absolute Gasteiger partial charge is 0.474 e. The number of hydrogen-bond donors (Lipinski definition) is 2. The standard InChI is InChI=1S/C27H33N5O5S/c1-15(2)24(22-12-23(31-37-22)36-10-9-28)27(35)32-13-20(33)11-21(32)26(34)30-16(3)18-5-7-19(8-6-18)25-17(4)29-14-38-25/h5-8,12,14-16,21,24H,9-11,13,28H2,1-4H3,(H,30,34)/t16-,21-,24+/m0/s1. The zero-order valence-electron chi connectivity index (χ0n) is 22.0. The molecule has 202 valence electrons. The number of Topliss-reactive ketones (excluding diaryl/α,β-unsaturated/α-hetero) is 1. The number of nitrogens with two attached hydrogens (primary N) is 1. The van der Waals surface area contributed by atoms with Gasteiger partial charge in [0, 0.05) is 19.0 Å². The van der Waals surface area contributed by atoms with Crippen LogP contribution in [-0.2, 0) is 14.4 Å². The third-order valence-corrected chi connectivity index (χ3v) is 7.60. The third kappa shape index (κ3) is 5.94. The Morgan fingerprint density at radius 2 is 2.00 bits per heavy atom. The van der Waals surface area contributed by atoms with Crippen molar-refractivity contribution in [1.29, 1.82) is 0 Å². The van der Waals surface area contributed by atoms with Crippen LogP contribution < -0.4 is 15.8 Å². The number of hydrogen-bond acceptors (Lipinski definition) is 9. The number of rotatable bonds is 10. The van der Waals surface area contributed by atoms with Crippen molar-refractivity contribution in [2.75, 3.05) is 19.7 Å². The van der Waals surface area contributed by atoms with E-state index in [0.717, 1.165) is 21.7 Å². The molecule has 0 spiro atoms. The number of aromatic nitrogens is 2. The number of thiazole rings is 1. The number of amides is 2. The van der Waals surface area contributed by atoms with Gasteiger partial charge in [-0.3, -0.25) is 14.4 Å². The van der Waals surface area contributed by atoms with Gasteiger partial charge in [0.05, 0.1) is 28.7 Å². The molecule has 0 radical (unpaired) electrons. The summed E-state index contributed by atoms with van der Waals surface area (Å²) < 4.78 is 10.8. The normalized spacial score (nSPS) is 17.1. The topological polar surface area (TPSA) is 141 Å². The summed E-state index contributed by atoms with van der Waals surface area (Å²) in [6.45, 7) is 8.05. The van der Waals surface area contributed by atoms with Crippen LogP contribution in [-0.4, -0.2) is 58.4 Å². The molecule has 0 unspecified atom stereocenters. The van der Waals surface area contributed by atoms with E-state index in [1.54, 1.807) is 17.4 Å². The van der Waals surface area contributed by atoms with Gasteiger partial charge in [0.25, 0.3) is 5.88 Å². The number of benzene rings is 1. The lowest BCUT2D eigenvalue weighted by molar-refractivity contribution is -0.141. The molecule has 11 heteroatoms. The first kappa shape index (κ1) is 27.5. The Bertz CT molecular complexity index is 1290. The van der Waals surface area contributed by atoms with Gasteiger partial charge in [0.2, 0.25) is 11.8 Å². The molecule has 4 rings (SSSR count). The predicted molar refractivity (Wildman–Crippen MR) is 143 cm³/mol. The van der Waals surface area contributed by atoms with Crippen LogP contribution in [0.25, 0.3) is 10.4 Å². The minimum Gasteiger partial charge on any atom is -0.474 e. The summed E-state index contributed by atoms with van der Waals surface area (Å²) in [4.78, 5) is 46.1. The van der Waals surface area contributed by atoms with E-state index in [-0.39, 0.29) is 55.0 Å². The van der Waals surface area contributed by atoms with Gasteiger partial charge >= 0.3 is 0 Å². The number of aryl methyl sites for hydroxylation is 1. The Morgan fingerprint density at radius 1 is 1.26 bits per heavy atom. The smallest absolute Gasteiger partial charge is 0.254 e. The average molecular weight is 540 g/mol. The highest BCUT2D eigenvalue weighted by molar-refractivity contribution is 7.13. The van der Waals surface area contributed by atoms with Gasteiger partial charge in [-0.05, 0) is 36.0 Å². The highest BCUT2D eigenvalue weighted by atomic mass is 32.1. The fraction of sp³-hybridized carbons (Fsp3) is 0.444. The van der Waals surface area contributed by atoms with Gasteiger partial charge in [-0.25, -0.2) is 4.98 Å². The molecule has 0 bridgehead atoms. The highest BCUT2D eigenvalue weighted by Crippen LogP contribution is 2.32. The third-order valence-electron chi connectivity index (χ3n) is 6.62. The Labute approximate surface area is 225 Å². The summed E-state index contributed by atoms with van der Waals surface area (Å²) in [5.41, 5.74) is 10.2. The van der Waals surface area contributed by atoms with Gasteiger partial charge in [-0.1, -0.05) is 38.1 Å². The number of ether oxygens (including phenoxy) is 1. The minimum atomic E-state index is -0.895. The van der Waals surface area contributed by atoms with Gasteiger partial charge in [0.15, 0.2) is 11.5 Å². The van der Waals surface area contributed by atoms with Crippen LogP contribution in [0.3, 0.4) is 0 Å². The Balaban J connectivity index is 1.46. The predicted octanol–water partition coefficient (Wildman–Crippen LogP) is 3.23. The lowest BCUT2D eigenvalue weighted by Gasteiger charge is -2.29. The summed E-state index contributed by atoms with van der Waals surface area (Å²) >= 11 is 1.58. The summed E-state index contributed by atoms with van der Waals surface area (Å²) in [5, 5.41) is 6.84. The molecule has 0 saturated carbocycles. The van der Waals surface area contributed by atoms with Crippen molar-refractivity contribution in [2.24, 2.45) is 11.7 Å². The van der Waals surface area contributed by atoms with E-state index in [2.05, 4.69) is 15.5 Å². The van der Waals surface area contributed by atoms with E-state index >= 15 is 0 Å².